The van der Waals surface area contributed by atoms with Gasteiger partial charge in [-0.1, -0.05) is 11.2 Å². The molecule has 3 nitrogen and oxygen atoms in total. The molecule has 1 aromatic heterocycles. The number of aromatic nitrogens is 1. The van der Waals surface area contributed by atoms with E-state index in [0.717, 1.165) is 29.1 Å². The second-order valence-corrected chi connectivity index (χ2v) is 6.11. The van der Waals surface area contributed by atoms with Gasteiger partial charge in [0, 0.05) is 16.4 Å². The first kappa shape index (κ1) is 13.4. The van der Waals surface area contributed by atoms with Crippen molar-refractivity contribution in [3.63, 3.8) is 0 Å². The van der Waals surface area contributed by atoms with E-state index in [1.165, 1.54) is 11.1 Å². The molecule has 20 heavy (non-hydrogen) atoms. The lowest BCUT2D eigenvalue weighted by Crippen LogP contribution is -2.06. The first-order valence-corrected chi connectivity index (χ1v) is 7.99. The van der Waals surface area contributed by atoms with E-state index in [2.05, 4.69) is 19.0 Å². The van der Waals surface area contributed by atoms with Crippen LogP contribution in [0.2, 0.25) is 0 Å². The van der Waals surface area contributed by atoms with Crippen molar-refractivity contribution >= 4 is 17.5 Å². The zero-order chi connectivity index (χ0) is 14.3. The van der Waals surface area contributed by atoms with Crippen LogP contribution in [0.25, 0.3) is 0 Å². The first-order valence-electron chi connectivity index (χ1n) is 6.77. The number of hydrogen-bond donors (Lipinski definition) is 0. The molecule has 104 valence electrons. The van der Waals surface area contributed by atoms with Crippen LogP contribution in [0.5, 0.6) is 0 Å². The fourth-order valence-electron chi connectivity index (χ4n) is 2.44. The van der Waals surface area contributed by atoms with Crippen molar-refractivity contribution < 1.29 is 9.32 Å². The largest absolute Gasteiger partial charge is 0.360 e. The highest BCUT2D eigenvalue weighted by Crippen LogP contribution is 2.42. The summed E-state index contributed by atoms with van der Waals surface area (Å²) in [5, 5.41) is 3.82. The second kappa shape index (κ2) is 5.09. The maximum absolute atomic E-state index is 12.8. The minimum atomic E-state index is 0.0283. The zero-order valence-corrected chi connectivity index (χ0v) is 12.7. The van der Waals surface area contributed by atoms with E-state index in [4.69, 9.17) is 4.52 Å². The molecule has 0 spiro atoms. The molecular formula is C16H17NO2S. The number of carbonyl (C=O) groups excluding carboxylic acids is 1. The molecule has 1 aliphatic rings. The van der Waals surface area contributed by atoms with Crippen LogP contribution in [0.1, 0.15) is 51.6 Å². The van der Waals surface area contributed by atoms with Gasteiger partial charge in [-0.05, 0) is 50.1 Å². The third kappa shape index (κ3) is 2.18. The van der Waals surface area contributed by atoms with Crippen molar-refractivity contribution in [3.05, 3.63) is 46.3 Å². The molecule has 1 aliphatic carbocycles. The van der Waals surface area contributed by atoms with E-state index < -0.39 is 0 Å². The number of benzene rings is 1. The minimum Gasteiger partial charge on any atom is -0.360 e. The monoisotopic (exact) mass is 287 g/mol. The van der Waals surface area contributed by atoms with Gasteiger partial charge in [0.2, 0.25) is 0 Å². The number of aryl methyl sites for hydroxylation is 1. The Morgan fingerprint density at radius 2 is 2.05 bits per heavy atom. The third-order valence-electron chi connectivity index (χ3n) is 3.92. The summed E-state index contributed by atoms with van der Waals surface area (Å²) in [6.45, 7) is 4.13. The molecule has 3 rings (SSSR count). The van der Waals surface area contributed by atoms with Gasteiger partial charge in [-0.25, -0.2) is 0 Å². The van der Waals surface area contributed by atoms with Gasteiger partial charge in [0.15, 0.2) is 11.5 Å². The van der Waals surface area contributed by atoms with Crippen LogP contribution < -0.4 is 0 Å². The van der Waals surface area contributed by atoms with Gasteiger partial charge < -0.3 is 4.52 Å². The average molecular weight is 287 g/mol. The van der Waals surface area contributed by atoms with E-state index in [-0.39, 0.29) is 5.78 Å². The van der Waals surface area contributed by atoms with Crippen molar-refractivity contribution in [2.45, 2.75) is 37.5 Å². The van der Waals surface area contributed by atoms with Crippen molar-refractivity contribution in [1.29, 1.82) is 0 Å². The second-order valence-electron chi connectivity index (χ2n) is 5.30. The van der Waals surface area contributed by atoms with Crippen molar-refractivity contribution in [2.24, 2.45) is 0 Å². The lowest BCUT2D eigenvalue weighted by Gasteiger charge is -2.11. The number of thioether (sulfide) groups is 1. The fraction of sp³-hybridized carbons (Fsp3) is 0.375. The molecule has 0 N–H and O–H groups in total. The van der Waals surface area contributed by atoms with Gasteiger partial charge in [0.1, 0.15) is 0 Å². The van der Waals surface area contributed by atoms with Crippen LogP contribution in [0.4, 0.5) is 0 Å². The number of carbonyl (C=O) groups is 1. The van der Waals surface area contributed by atoms with Crippen LogP contribution in [-0.2, 0) is 0 Å². The van der Waals surface area contributed by atoms with Gasteiger partial charge in [0.05, 0.1) is 11.8 Å². The summed E-state index contributed by atoms with van der Waals surface area (Å²) in [6, 6.07) is 3.92. The van der Waals surface area contributed by atoms with Crippen molar-refractivity contribution in [2.75, 3.05) is 6.26 Å². The van der Waals surface area contributed by atoms with E-state index in [1.807, 2.05) is 18.4 Å². The summed E-state index contributed by atoms with van der Waals surface area (Å²) in [4.78, 5) is 13.8. The van der Waals surface area contributed by atoms with E-state index in [0.29, 0.717) is 11.5 Å². The molecule has 1 saturated carbocycles. The summed E-state index contributed by atoms with van der Waals surface area (Å²) in [7, 11) is 0. The smallest absolute Gasteiger partial charge is 0.199 e. The molecule has 1 aromatic carbocycles. The molecule has 0 amide bonds. The Morgan fingerprint density at radius 3 is 2.70 bits per heavy atom. The number of hydrogen-bond acceptors (Lipinski definition) is 4. The molecule has 0 unspecified atom stereocenters. The Hall–Kier alpha value is -1.55. The molecule has 4 heteroatoms. The highest BCUT2D eigenvalue weighted by atomic mass is 32.2. The number of ketones is 1. The maximum atomic E-state index is 12.8. The Balaban J connectivity index is 2.06. The Labute approximate surface area is 122 Å². The summed E-state index contributed by atoms with van der Waals surface area (Å²) >= 11 is 1.62. The predicted octanol–water partition coefficient (Wildman–Crippen LogP) is 4.12. The molecule has 2 aromatic rings. The summed E-state index contributed by atoms with van der Waals surface area (Å²) < 4.78 is 5.28. The lowest BCUT2D eigenvalue weighted by atomic mass is 9.98. The molecule has 0 saturated heterocycles. The van der Waals surface area contributed by atoms with Crippen LogP contribution in [0.3, 0.4) is 0 Å². The number of nitrogens with zero attached hydrogens (tertiary/aromatic N) is 1. The molecule has 0 radical (unpaired) electrons. The minimum absolute atomic E-state index is 0.0283. The Bertz CT molecular complexity index is 671. The van der Waals surface area contributed by atoms with Crippen molar-refractivity contribution in [1.82, 2.24) is 5.16 Å². The summed E-state index contributed by atoms with van der Waals surface area (Å²) in [5.41, 5.74) is 3.77. The molecule has 0 aliphatic heterocycles. The average Bonchev–Trinajstić information content (AvgIpc) is 3.18. The number of rotatable bonds is 4. The van der Waals surface area contributed by atoms with E-state index in [9.17, 15) is 4.79 Å². The summed E-state index contributed by atoms with van der Waals surface area (Å²) in [6.07, 6.45) is 5.76. The standard InChI is InChI=1S/C16H17NO2S/c1-9-4-7-12(16(20-3)10(9)2)14(18)13-8-17-19-15(13)11-5-6-11/h4,7-8,11H,5-6H2,1-3H3. The zero-order valence-electron chi connectivity index (χ0n) is 11.9. The molecule has 1 fully saturated rings. The normalized spacial score (nSPS) is 14.6. The molecule has 1 heterocycles. The lowest BCUT2D eigenvalue weighted by molar-refractivity contribution is 0.103. The summed E-state index contributed by atoms with van der Waals surface area (Å²) in [5.74, 6) is 1.18. The first-order chi connectivity index (χ1) is 9.63. The van der Waals surface area contributed by atoms with Crippen LogP contribution >= 0.6 is 11.8 Å². The van der Waals surface area contributed by atoms with Gasteiger partial charge in [0.25, 0.3) is 0 Å². The Kier molecular flexibility index (Phi) is 3.42. The molecule has 0 bridgehead atoms. The van der Waals surface area contributed by atoms with Crippen LogP contribution in [-0.4, -0.2) is 17.2 Å². The molecular weight excluding hydrogens is 270 g/mol. The van der Waals surface area contributed by atoms with Gasteiger partial charge in [-0.15, -0.1) is 11.8 Å². The van der Waals surface area contributed by atoms with Gasteiger partial charge in [-0.2, -0.15) is 0 Å². The quantitative estimate of drug-likeness (QED) is 0.626. The highest BCUT2D eigenvalue weighted by molar-refractivity contribution is 7.98. The van der Waals surface area contributed by atoms with E-state index in [1.54, 1.807) is 18.0 Å². The van der Waals surface area contributed by atoms with Gasteiger partial charge in [-0.3, -0.25) is 4.79 Å². The van der Waals surface area contributed by atoms with E-state index >= 15 is 0 Å². The Morgan fingerprint density at radius 1 is 1.30 bits per heavy atom. The van der Waals surface area contributed by atoms with Crippen molar-refractivity contribution in [3.8, 4) is 0 Å². The SMILES string of the molecule is CSc1c(C(=O)c2cnoc2C2CC2)ccc(C)c1C. The van der Waals surface area contributed by atoms with Crippen LogP contribution in [0, 0.1) is 13.8 Å². The topological polar surface area (TPSA) is 43.1 Å². The third-order valence-corrected chi connectivity index (χ3v) is 4.85. The highest BCUT2D eigenvalue weighted by Gasteiger charge is 2.33. The molecule has 0 atom stereocenters. The van der Waals surface area contributed by atoms with Crippen LogP contribution in [0.15, 0.2) is 27.7 Å². The fourth-order valence-corrected chi connectivity index (χ4v) is 3.28. The maximum Gasteiger partial charge on any atom is 0.199 e. The van der Waals surface area contributed by atoms with Gasteiger partial charge >= 0.3 is 0 Å². The predicted molar refractivity (Wildman–Crippen MR) is 79.6 cm³/mol.